The third kappa shape index (κ3) is 3.45. The van der Waals surface area contributed by atoms with E-state index in [0.29, 0.717) is 0 Å². The molecule has 2 aromatic carbocycles. The van der Waals surface area contributed by atoms with Gasteiger partial charge in [-0.25, -0.2) is 4.79 Å². The van der Waals surface area contributed by atoms with E-state index in [1.165, 1.54) is 43.5 Å². The standard InChI is InChI=1S/C17H12N2O4/c1-23-17(22)13-9-7-12(8-10-13)16(21)14(19-18)15(20)11-5-3-2-4-6-11/h2-10H,1H3. The molecular formula is C17H12N2O4. The molecule has 0 aliphatic carbocycles. The number of Topliss-reactive ketones (excluding diaryl/α,β-unsaturated/α-hetero) is 2. The van der Waals surface area contributed by atoms with Crippen LogP contribution in [0.25, 0.3) is 5.53 Å². The number of nitrogens with zero attached hydrogens (tertiary/aromatic N) is 2. The first-order chi connectivity index (χ1) is 11.1. The molecule has 0 aliphatic rings. The summed E-state index contributed by atoms with van der Waals surface area (Å²) in [5.74, 6) is -1.96. The van der Waals surface area contributed by atoms with Gasteiger partial charge in [0.2, 0.25) is 0 Å². The summed E-state index contributed by atoms with van der Waals surface area (Å²) in [6, 6.07) is 13.5. The summed E-state index contributed by atoms with van der Waals surface area (Å²) < 4.78 is 4.56. The first kappa shape index (κ1) is 16.0. The van der Waals surface area contributed by atoms with Gasteiger partial charge >= 0.3 is 11.7 Å². The number of carbonyl (C=O) groups excluding carboxylic acids is 3. The fraction of sp³-hybridized carbons (Fsp3) is 0.0588. The molecule has 0 spiro atoms. The van der Waals surface area contributed by atoms with Gasteiger partial charge in [-0.3, -0.25) is 9.59 Å². The molecule has 0 saturated carbocycles. The summed E-state index contributed by atoms with van der Waals surface area (Å²) >= 11 is 0. The highest BCUT2D eigenvalue weighted by Gasteiger charge is 2.31. The van der Waals surface area contributed by atoms with Crippen molar-refractivity contribution in [2.45, 2.75) is 0 Å². The summed E-state index contributed by atoms with van der Waals surface area (Å²) in [5, 5.41) is 0. The van der Waals surface area contributed by atoms with Crippen LogP contribution in [0.5, 0.6) is 0 Å². The van der Waals surface area contributed by atoms with E-state index in [1.807, 2.05) is 0 Å². The predicted octanol–water partition coefficient (Wildman–Crippen LogP) is 2.21. The van der Waals surface area contributed by atoms with Crippen molar-refractivity contribution < 1.29 is 23.9 Å². The van der Waals surface area contributed by atoms with Crippen molar-refractivity contribution in [3.05, 3.63) is 76.8 Å². The van der Waals surface area contributed by atoms with E-state index in [0.717, 1.165) is 0 Å². The molecule has 0 saturated heterocycles. The molecule has 0 amide bonds. The van der Waals surface area contributed by atoms with Crippen LogP contribution in [-0.4, -0.2) is 35.1 Å². The third-order valence-electron chi connectivity index (χ3n) is 3.13. The van der Waals surface area contributed by atoms with Crippen LogP contribution in [0.1, 0.15) is 31.1 Å². The number of hydrogen-bond donors (Lipinski definition) is 0. The lowest BCUT2D eigenvalue weighted by Gasteiger charge is -2.01. The summed E-state index contributed by atoms with van der Waals surface area (Å²) in [6.07, 6.45) is 0. The van der Waals surface area contributed by atoms with E-state index in [4.69, 9.17) is 5.53 Å². The van der Waals surface area contributed by atoms with Gasteiger partial charge in [-0.15, -0.1) is 0 Å². The highest BCUT2D eigenvalue weighted by molar-refractivity contribution is 6.70. The van der Waals surface area contributed by atoms with Gasteiger partial charge < -0.3 is 10.3 Å². The molecule has 23 heavy (non-hydrogen) atoms. The Morgan fingerprint density at radius 1 is 0.826 bits per heavy atom. The Morgan fingerprint density at radius 2 is 1.30 bits per heavy atom. The smallest absolute Gasteiger partial charge is 0.409 e. The van der Waals surface area contributed by atoms with Gasteiger partial charge in [0.05, 0.1) is 12.7 Å². The van der Waals surface area contributed by atoms with E-state index in [1.54, 1.807) is 18.2 Å². The second-order valence-electron chi connectivity index (χ2n) is 4.54. The van der Waals surface area contributed by atoms with Crippen LogP contribution in [0.4, 0.5) is 0 Å². The molecule has 0 atom stereocenters. The van der Waals surface area contributed by atoms with E-state index in [9.17, 15) is 14.4 Å². The molecule has 2 aromatic rings. The second kappa shape index (κ2) is 7.06. The Morgan fingerprint density at radius 3 is 1.78 bits per heavy atom. The molecule has 114 valence electrons. The number of ketones is 2. The maximum absolute atomic E-state index is 12.3. The van der Waals surface area contributed by atoms with Crippen molar-refractivity contribution in [3.63, 3.8) is 0 Å². The lowest BCUT2D eigenvalue weighted by Crippen LogP contribution is -2.25. The van der Waals surface area contributed by atoms with Crippen LogP contribution in [0.3, 0.4) is 0 Å². The topological polar surface area (TPSA) is 96.8 Å². The zero-order valence-electron chi connectivity index (χ0n) is 12.2. The van der Waals surface area contributed by atoms with Crippen molar-refractivity contribution in [1.29, 1.82) is 0 Å². The average molecular weight is 308 g/mol. The van der Waals surface area contributed by atoms with Gasteiger partial charge in [0.25, 0.3) is 11.6 Å². The quantitative estimate of drug-likeness (QED) is 0.211. The Bertz CT molecular complexity index is 804. The largest absolute Gasteiger partial charge is 0.465 e. The highest BCUT2D eigenvalue weighted by Crippen LogP contribution is 2.09. The third-order valence-corrected chi connectivity index (χ3v) is 3.13. The second-order valence-corrected chi connectivity index (χ2v) is 4.54. The van der Waals surface area contributed by atoms with Crippen LogP contribution < -0.4 is 0 Å². The molecule has 0 aromatic heterocycles. The molecule has 0 N–H and O–H groups in total. The van der Waals surface area contributed by atoms with Gasteiger partial charge in [0, 0.05) is 11.1 Å². The first-order valence-corrected chi connectivity index (χ1v) is 6.63. The summed E-state index contributed by atoms with van der Waals surface area (Å²) in [5.41, 5.74) is 9.07. The number of methoxy groups -OCH3 is 1. The van der Waals surface area contributed by atoms with E-state index in [2.05, 4.69) is 9.53 Å². The fourth-order valence-corrected chi connectivity index (χ4v) is 1.93. The molecule has 0 radical (unpaired) electrons. The van der Waals surface area contributed by atoms with Crippen LogP contribution >= 0.6 is 0 Å². The van der Waals surface area contributed by atoms with Crippen molar-refractivity contribution in [3.8, 4) is 0 Å². The van der Waals surface area contributed by atoms with Gasteiger partial charge in [0.15, 0.2) is 0 Å². The van der Waals surface area contributed by atoms with Crippen molar-refractivity contribution in [1.82, 2.24) is 0 Å². The normalized spacial score (nSPS) is 9.61. The van der Waals surface area contributed by atoms with Crippen molar-refractivity contribution >= 4 is 23.2 Å². The lowest BCUT2D eigenvalue weighted by atomic mass is 9.99. The number of ether oxygens (including phenoxy) is 1. The first-order valence-electron chi connectivity index (χ1n) is 6.63. The number of hydrogen-bond acceptors (Lipinski definition) is 4. The van der Waals surface area contributed by atoms with E-state index in [-0.39, 0.29) is 16.7 Å². The average Bonchev–Trinajstić information content (AvgIpc) is 2.62. The molecule has 0 heterocycles. The van der Waals surface area contributed by atoms with E-state index < -0.39 is 23.2 Å². The minimum Gasteiger partial charge on any atom is -0.465 e. The number of rotatable bonds is 5. The van der Waals surface area contributed by atoms with Crippen LogP contribution in [-0.2, 0) is 4.74 Å². The lowest BCUT2D eigenvalue weighted by molar-refractivity contribution is -0.00699. The van der Waals surface area contributed by atoms with Crippen LogP contribution in [0, 0.1) is 0 Å². The summed E-state index contributed by atoms with van der Waals surface area (Å²) in [7, 11) is 1.25. The maximum Gasteiger partial charge on any atom is 0.409 e. The molecule has 6 heteroatoms. The van der Waals surface area contributed by atoms with Gasteiger partial charge in [-0.05, 0) is 24.3 Å². The Hall–Kier alpha value is -3.37. The number of carbonyl (C=O) groups is 3. The van der Waals surface area contributed by atoms with Crippen molar-refractivity contribution in [2.75, 3.05) is 7.11 Å². The molecule has 2 rings (SSSR count). The van der Waals surface area contributed by atoms with Crippen molar-refractivity contribution in [2.24, 2.45) is 0 Å². The van der Waals surface area contributed by atoms with Crippen LogP contribution in [0.15, 0.2) is 54.6 Å². The van der Waals surface area contributed by atoms with Gasteiger partial charge in [0.1, 0.15) is 0 Å². The van der Waals surface area contributed by atoms with Crippen LogP contribution in [0.2, 0.25) is 0 Å². The molecule has 0 bridgehead atoms. The predicted molar refractivity (Wildman–Crippen MR) is 81.5 cm³/mol. The monoisotopic (exact) mass is 308 g/mol. The Balaban J connectivity index is 2.29. The SMILES string of the molecule is COC(=O)c1ccc(C(=O)C(=[N+]=[N-])C(=O)c2ccccc2)cc1. The number of benzene rings is 2. The summed E-state index contributed by atoms with van der Waals surface area (Å²) in [4.78, 5) is 38.7. The minimum absolute atomic E-state index is 0.120. The molecule has 0 fully saturated rings. The molecule has 6 nitrogen and oxygen atoms in total. The molecule has 0 unspecified atom stereocenters. The minimum atomic E-state index is -0.738. The van der Waals surface area contributed by atoms with E-state index >= 15 is 0 Å². The maximum atomic E-state index is 12.3. The zero-order chi connectivity index (χ0) is 16.8. The number of esters is 1. The zero-order valence-corrected chi connectivity index (χ0v) is 12.2. The summed E-state index contributed by atoms with van der Waals surface area (Å²) in [6.45, 7) is 0. The molecule has 0 aliphatic heterocycles. The van der Waals surface area contributed by atoms with Gasteiger partial charge in [-0.1, -0.05) is 30.3 Å². The Kier molecular flexibility index (Phi) is 4.92. The fourth-order valence-electron chi connectivity index (χ4n) is 1.93. The highest BCUT2D eigenvalue weighted by atomic mass is 16.5. The molecular weight excluding hydrogens is 296 g/mol. The Labute approximate surface area is 131 Å². The van der Waals surface area contributed by atoms with Gasteiger partial charge in [-0.2, -0.15) is 4.79 Å².